The maximum atomic E-state index is 9.54. The van der Waals surface area contributed by atoms with Crippen molar-refractivity contribution in [2.24, 2.45) is 0 Å². The van der Waals surface area contributed by atoms with Gasteiger partial charge >= 0.3 is 0 Å². The summed E-state index contributed by atoms with van der Waals surface area (Å²) in [7, 11) is 0. The van der Waals surface area contributed by atoms with E-state index in [9.17, 15) is 5.26 Å². The smallest absolute Gasteiger partial charge is 0.132 e. The monoisotopic (exact) mass is 467 g/mol. The van der Waals surface area contributed by atoms with Crippen molar-refractivity contribution in [2.45, 2.75) is 5.41 Å². The number of ether oxygens (including phenoxy) is 1. The van der Waals surface area contributed by atoms with Crippen molar-refractivity contribution < 1.29 is 4.74 Å². The predicted octanol–water partition coefficient (Wildman–Crippen LogP) is 8.35. The summed E-state index contributed by atoms with van der Waals surface area (Å²) in [5.74, 6) is 1.70. The van der Waals surface area contributed by atoms with Crippen LogP contribution in [0.25, 0.3) is 22.3 Å². The quantitative estimate of drug-likeness (QED) is 0.243. The Bertz CT molecular complexity index is 1670. The second-order valence-electron chi connectivity index (χ2n) is 8.93. The Morgan fingerprint density at radius 3 is 1.94 bits per heavy atom. The molecule has 5 aromatic rings. The third-order valence-corrected chi connectivity index (χ3v) is 7.56. The fourth-order valence-electron chi connectivity index (χ4n) is 5.94. The fraction of sp³-hybridized carbons (Fsp3) is 0.0312. The lowest BCUT2D eigenvalue weighted by atomic mass is 9.66. The zero-order valence-corrected chi connectivity index (χ0v) is 19.4. The second kappa shape index (κ2) is 7.34. The van der Waals surface area contributed by atoms with Crippen molar-refractivity contribution in [3.63, 3.8) is 0 Å². The minimum Gasteiger partial charge on any atom is -0.457 e. The standard InChI is InChI=1S/C32H18ClNO/c33-27-15-7-14-26-31(27)30-22(21-9-5-8-20(18-21)19-34)10-6-13-25(30)32(26)23-11-1-3-16-28(23)35-29-17-4-2-12-24(29)32/h1-18H. The van der Waals surface area contributed by atoms with Crippen LogP contribution in [0.4, 0.5) is 0 Å². The van der Waals surface area contributed by atoms with Crippen LogP contribution in [-0.2, 0) is 5.41 Å². The molecular formula is C32H18ClNO. The van der Waals surface area contributed by atoms with E-state index in [4.69, 9.17) is 16.3 Å². The van der Waals surface area contributed by atoms with Gasteiger partial charge in [-0.05, 0) is 58.1 Å². The number of rotatable bonds is 1. The lowest BCUT2D eigenvalue weighted by Crippen LogP contribution is -2.32. The molecule has 1 aliphatic heterocycles. The van der Waals surface area contributed by atoms with Gasteiger partial charge in [0, 0.05) is 21.7 Å². The van der Waals surface area contributed by atoms with Gasteiger partial charge in [-0.2, -0.15) is 5.26 Å². The first-order valence-corrected chi connectivity index (χ1v) is 11.9. The molecule has 0 fully saturated rings. The lowest BCUT2D eigenvalue weighted by molar-refractivity contribution is 0.436. The average molecular weight is 468 g/mol. The Labute approximate surface area is 208 Å². The third kappa shape index (κ3) is 2.59. The van der Waals surface area contributed by atoms with E-state index in [0.29, 0.717) is 10.6 Å². The number of para-hydroxylation sites is 2. The number of fused-ring (bicyclic) bond motifs is 9. The van der Waals surface area contributed by atoms with E-state index in [2.05, 4.69) is 60.7 Å². The Kier molecular flexibility index (Phi) is 4.21. The van der Waals surface area contributed by atoms with Gasteiger partial charge in [0.2, 0.25) is 0 Å². The van der Waals surface area contributed by atoms with Gasteiger partial charge in [-0.3, -0.25) is 0 Å². The van der Waals surface area contributed by atoms with Gasteiger partial charge in [0.25, 0.3) is 0 Å². The number of hydrogen-bond donors (Lipinski definition) is 0. The van der Waals surface area contributed by atoms with E-state index < -0.39 is 5.41 Å². The predicted molar refractivity (Wildman–Crippen MR) is 139 cm³/mol. The molecule has 2 nitrogen and oxygen atoms in total. The van der Waals surface area contributed by atoms with E-state index in [-0.39, 0.29) is 0 Å². The molecule has 0 atom stereocenters. The molecule has 0 saturated carbocycles. The molecule has 2 aliphatic rings. The van der Waals surface area contributed by atoms with Gasteiger partial charge in [0.1, 0.15) is 11.5 Å². The average Bonchev–Trinajstić information content (AvgIpc) is 3.21. The summed E-state index contributed by atoms with van der Waals surface area (Å²) in [4.78, 5) is 0. The lowest BCUT2D eigenvalue weighted by Gasteiger charge is -2.39. The second-order valence-corrected chi connectivity index (χ2v) is 9.33. The van der Waals surface area contributed by atoms with E-state index >= 15 is 0 Å². The summed E-state index contributed by atoms with van der Waals surface area (Å²) < 4.78 is 6.40. The number of halogens is 1. The molecule has 1 aliphatic carbocycles. The first-order chi connectivity index (χ1) is 17.2. The zero-order chi connectivity index (χ0) is 23.6. The highest BCUT2D eigenvalue weighted by molar-refractivity contribution is 6.34. The Morgan fingerprint density at radius 1 is 0.629 bits per heavy atom. The van der Waals surface area contributed by atoms with Crippen molar-refractivity contribution in [3.05, 3.63) is 142 Å². The Morgan fingerprint density at radius 2 is 1.23 bits per heavy atom. The maximum absolute atomic E-state index is 9.54. The topological polar surface area (TPSA) is 33.0 Å². The maximum Gasteiger partial charge on any atom is 0.132 e. The first kappa shape index (κ1) is 20.1. The van der Waals surface area contributed by atoms with Crippen LogP contribution in [0.5, 0.6) is 11.5 Å². The number of nitrogens with zero attached hydrogens (tertiary/aromatic N) is 1. The molecule has 5 aromatic carbocycles. The van der Waals surface area contributed by atoms with Gasteiger partial charge in [-0.15, -0.1) is 0 Å². The number of nitriles is 1. The Hall–Kier alpha value is -4.32. The summed E-state index contributed by atoms with van der Waals surface area (Å²) in [6.07, 6.45) is 0. The minimum absolute atomic E-state index is 0.566. The van der Waals surface area contributed by atoms with Crippen molar-refractivity contribution in [2.75, 3.05) is 0 Å². The summed E-state index contributed by atoms with van der Waals surface area (Å²) >= 11 is 6.99. The van der Waals surface area contributed by atoms with E-state index in [1.54, 1.807) is 0 Å². The molecule has 0 amide bonds. The van der Waals surface area contributed by atoms with Gasteiger partial charge in [0.15, 0.2) is 0 Å². The van der Waals surface area contributed by atoms with Crippen molar-refractivity contribution in [1.29, 1.82) is 5.26 Å². The molecule has 7 rings (SSSR count). The van der Waals surface area contributed by atoms with Crippen LogP contribution in [0.3, 0.4) is 0 Å². The fourth-order valence-corrected chi connectivity index (χ4v) is 6.21. The zero-order valence-electron chi connectivity index (χ0n) is 18.6. The van der Waals surface area contributed by atoms with Gasteiger partial charge in [-0.1, -0.05) is 90.5 Å². The molecule has 0 radical (unpaired) electrons. The molecule has 35 heavy (non-hydrogen) atoms. The SMILES string of the molecule is N#Cc1cccc(-c2cccc3c2-c2c(Cl)cccc2C32c3ccccc3Oc3ccccc32)c1. The van der Waals surface area contributed by atoms with Crippen LogP contribution >= 0.6 is 11.6 Å². The summed E-state index contributed by atoms with van der Waals surface area (Å²) in [6.45, 7) is 0. The van der Waals surface area contributed by atoms with Crippen LogP contribution in [0.15, 0.2) is 109 Å². The minimum atomic E-state index is -0.566. The van der Waals surface area contributed by atoms with E-state index in [0.717, 1.165) is 50.4 Å². The van der Waals surface area contributed by atoms with Crippen molar-refractivity contribution >= 4 is 11.6 Å². The summed E-state index contributed by atoms with van der Waals surface area (Å²) in [5.41, 5.74) is 8.79. The molecule has 0 aromatic heterocycles. The molecule has 0 N–H and O–H groups in total. The van der Waals surface area contributed by atoms with Gasteiger partial charge < -0.3 is 4.74 Å². The van der Waals surface area contributed by atoms with Gasteiger partial charge in [-0.25, -0.2) is 0 Å². The molecule has 0 saturated heterocycles. The highest BCUT2D eigenvalue weighted by Gasteiger charge is 2.52. The normalized spacial score (nSPS) is 13.7. The molecular weight excluding hydrogens is 450 g/mol. The molecule has 164 valence electrons. The van der Waals surface area contributed by atoms with Crippen molar-refractivity contribution in [3.8, 4) is 39.8 Å². The van der Waals surface area contributed by atoms with Crippen LogP contribution in [-0.4, -0.2) is 0 Å². The highest BCUT2D eigenvalue weighted by Crippen LogP contribution is 2.64. The van der Waals surface area contributed by atoms with Crippen LogP contribution in [0.1, 0.15) is 27.8 Å². The third-order valence-electron chi connectivity index (χ3n) is 7.24. The molecule has 1 spiro atoms. The molecule has 3 heteroatoms. The number of benzene rings is 5. The first-order valence-electron chi connectivity index (χ1n) is 11.5. The largest absolute Gasteiger partial charge is 0.457 e. The van der Waals surface area contributed by atoms with Crippen LogP contribution in [0.2, 0.25) is 5.02 Å². The van der Waals surface area contributed by atoms with E-state index in [1.807, 2.05) is 54.6 Å². The van der Waals surface area contributed by atoms with Crippen LogP contribution < -0.4 is 4.74 Å². The van der Waals surface area contributed by atoms with E-state index in [1.165, 1.54) is 5.56 Å². The molecule has 0 bridgehead atoms. The molecule has 1 heterocycles. The highest BCUT2D eigenvalue weighted by atomic mass is 35.5. The van der Waals surface area contributed by atoms with Crippen molar-refractivity contribution in [1.82, 2.24) is 0 Å². The molecule has 0 unspecified atom stereocenters. The summed E-state index contributed by atoms with van der Waals surface area (Å²) in [5, 5.41) is 10.3. The van der Waals surface area contributed by atoms with Gasteiger partial charge in [0.05, 0.1) is 17.0 Å². The summed E-state index contributed by atoms with van der Waals surface area (Å²) in [6, 6.07) is 39.2. The number of hydrogen-bond acceptors (Lipinski definition) is 2. The van der Waals surface area contributed by atoms with Crippen LogP contribution in [0, 0.1) is 11.3 Å². The Balaban J connectivity index is 1.68.